The number of thiophene rings is 1. The first-order chi connectivity index (χ1) is 11.5. The molecule has 0 saturated carbocycles. The number of fused-ring (bicyclic) bond motifs is 1. The quantitative estimate of drug-likeness (QED) is 0.612. The Kier molecular flexibility index (Phi) is 4.82. The zero-order valence-corrected chi connectivity index (χ0v) is 15.0. The highest BCUT2D eigenvalue weighted by Gasteiger charge is 2.28. The Morgan fingerprint density at radius 3 is 2.96 bits per heavy atom. The van der Waals surface area contributed by atoms with Crippen LogP contribution in [-0.2, 0) is 9.47 Å². The summed E-state index contributed by atoms with van der Waals surface area (Å²) in [6.45, 7) is 9.69. The predicted octanol–water partition coefficient (Wildman–Crippen LogP) is 2.88. The van der Waals surface area contributed by atoms with Gasteiger partial charge in [-0.25, -0.2) is 14.8 Å². The van der Waals surface area contributed by atoms with Gasteiger partial charge in [-0.15, -0.1) is 17.9 Å². The molecule has 1 fully saturated rings. The number of rotatable bonds is 5. The highest BCUT2D eigenvalue weighted by molar-refractivity contribution is 7.20. The smallest absolute Gasteiger partial charge is 0.348 e. The monoisotopic (exact) mass is 347 g/mol. The molecule has 1 saturated heterocycles. The fourth-order valence-corrected chi connectivity index (χ4v) is 4.14. The van der Waals surface area contributed by atoms with Crippen molar-refractivity contribution in [1.82, 2.24) is 9.97 Å². The van der Waals surface area contributed by atoms with Crippen LogP contribution in [0.2, 0.25) is 0 Å². The minimum absolute atomic E-state index is 0.173. The summed E-state index contributed by atoms with van der Waals surface area (Å²) < 4.78 is 10.6. The van der Waals surface area contributed by atoms with Crippen molar-refractivity contribution in [2.75, 3.05) is 31.7 Å². The van der Waals surface area contributed by atoms with Crippen LogP contribution in [0.5, 0.6) is 0 Å². The zero-order chi connectivity index (χ0) is 17.3. The van der Waals surface area contributed by atoms with E-state index in [2.05, 4.69) is 21.4 Å². The molecule has 1 aliphatic rings. The van der Waals surface area contributed by atoms with Crippen LogP contribution in [0, 0.1) is 13.8 Å². The fraction of sp³-hybridized carbons (Fsp3) is 0.471. The van der Waals surface area contributed by atoms with Crippen molar-refractivity contribution in [3.8, 4) is 0 Å². The molecule has 128 valence electrons. The molecule has 0 amide bonds. The Labute approximate surface area is 145 Å². The number of anilines is 1. The molecule has 7 heteroatoms. The summed E-state index contributed by atoms with van der Waals surface area (Å²) in [6.07, 6.45) is 2.89. The molecule has 0 N–H and O–H groups in total. The number of carbonyl (C=O) groups is 1. The third kappa shape index (κ3) is 3.01. The Morgan fingerprint density at radius 2 is 2.25 bits per heavy atom. The number of carbonyl (C=O) groups excluding carboxylic acids is 1. The van der Waals surface area contributed by atoms with Gasteiger partial charge in [0.15, 0.2) is 0 Å². The van der Waals surface area contributed by atoms with Crippen LogP contribution in [0.25, 0.3) is 10.2 Å². The first-order valence-electron chi connectivity index (χ1n) is 7.88. The van der Waals surface area contributed by atoms with E-state index in [0.29, 0.717) is 17.3 Å². The SMILES string of the molecule is C=CCOC1CCN(c2nc(C)nc3sc(C(=O)OC)c(C)c23)C1. The molecule has 1 unspecified atom stereocenters. The number of hydrogen-bond donors (Lipinski definition) is 0. The Hall–Kier alpha value is -1.99. The second-order valence-electron chi connectivity index (χ2n) is 5.80. The third-order valence-corrected chi connectivity index (χ3v) is 5.31. The van der Waals surface area contributed by atoms with E-state index in [-0.39, 0.29) is 12.1 Å². The van der Waals surface area contributed by atoms with Gasteiger partial charge in [-0.05, 0) is 25.8 Å². The molecule has 6 nitrogen and oxygen atoms in total. The average Bonchev–Trinajstić information content (AvgIpc) is 3.16. The summed E-state index contributed by atoms with van der Waals surface area (Å²) in [5.74, 6) is 1.25. The fourth-order valence-electron chi connectivity index (χ4n) is 3.00. The van der Waals surface area contributed by atoms with Crippen molar-refractivity contribution in [3.63, 3.8) is 0 Å². The number of aromatic nitrogens is 2. The molecule has 0 bridgehead atoms. The van der Waals surface area contributed by atoms with Gasteiger partial charge in [0, 0.05) is 13.1 Å². The maximum atomic E-state index is 12.0. The van der Waals surface area contributed by atoms with Crippen molar-refractivity contribution < 1.29 is 14.3 Å². The van der Waals surface area contributed by atoms with Gasteiger partial charge in [0.05, 0.1) is 25.2 Å². The first-order valence-corrected chi connectivity index (χ1v) is 8.70. The first kappa shape index (κ1) is 16.9. The molecule has 2 aromatic rings. The van der Waals surface area contributed by atoms with Crippen molar-refractivity contribution in [2.24, 2.45) is 0 Å². The van der Waals surface area contributed by atoms with Crippen molar-refractivity contribution >= 4 is 33.3 Å². The van der Waals surface area contributed by atoms with Crippen LogP contribution in [0.1, 0.15) is 27.5 Å². The number of hydrogen-bond acceptors (Lipinski definition) is 7. The molecule has 24 heavy (non-hydrogen) atoms. The van der Waals surface area contributed by atoms with E-state index < -0.39 is 0 Å². The molecule has 0 spiro atoms. The van der Waals surface area contributed by atoms with Crippen LogP contribution in [0.3, 0.4) is 0 Å². The van der Waals surface area contributed by atoms with Crippen LogP contribution >= 0.6 is 11.3 Å². The predicted molar refractivity (Wildman–Crippen MR) is 95.0 cm³/mol. The molecule has 0 radical (unpaired) electrons. The van der Waals surface area contributed by atoms with Gasteiger partial charge in [0.25, 0.3) is 0 Å². The minimum Gasteiger partial charge on any atom is -0.465 e. The second-order valence-corrected chi connectivity index (χ2v) is 6.80. The van der Waals surface area contributed by atoms with Crippen LogP contribution < -0.4 is 4.90 Å². The van der Waals surface area contributed by atoms with E-state index in [0.717, 1.165) is 41.1 Å². The molecule has 3 rings (SSSR count). The summed E-state index contributed by atoms with van der Waals surface area (Å²) in [4.78, 5) is 24.8. The van der Waals surface area contributed by atoms with Gasteiger partial charge in [0.2, 0.25) is 0 Å². The largest absolute Gasteiger partial charge is 0.465 e. The van der Waals surface area contributed by atoms with E-state index in [1.165, 1.54) is 18.4 Å². The molecule has 0 aromatic carbocycles. The summed E-state index contributed by atoms with van der Waals surface area (Å²) in [5.41, 5.74) is 0.882. The number of ether oxygens (including phenoxy) is 2. The van der Waals surface area contributed by atoms with Gasteiger partial charge >= 0.3 is 5.97 Å². The molecule has 1 aliphatic heterocycles. The van der Waals surface area contributed by atoms with Crippen LogP contribution in [-0.4, -0.2) is 48.8 Å². The second kappa shape index (κ2) is 6.86. The molecule has 0 aliphatic carbocycles. The molecular weight excluding hydrogens is 326 g/mol. The third-order valence-electron chi connectivity index (χ3n) is 4.15. The highest BCUT2D eigenvalue weighted by Crippen LogP contribution is 2.37. The standard InChI is InChI=1S/C17H21N3O3S/c1-5-8-23-12-6-7-20(9-12)15-13-10(2)14(17(21)22-4)24-16(13)19-11(3)18-15/h5,12H,1,6-9H2,2-4H3. The summed E-state index contributed by atoms with van der Waals surface area (Å²) in [6, 6.07) is 0. The van der Waals surface area contributed by atoms with Gasteiger partial charge in [-0.3, -0.25) is 0 Å². The lowest BCUT2D eigenvalue weighted by Gasteiger charge is -2.19. The Morgan fingerprint density at radius 1 is 1.46 bits per heavy atom. The number of methoxy groups -OCH3 is 1. The number of esters is 1. The van der Waals surface area contributed by atoms with Crippen LogP contribution in [0.4, 0.5) is 5.82 Å². The Bertz CT molecular complexity index is 787. The highest BCUT2D eigenvalue weighted by atomic mass is 32.1. The normalized spacial score (nSPS) is 17.5. The van der Waals surface area contributed by atoms with Gasteiger partial charge in [-0.2, -0.15) is 0 Å². The lowest BCUT2D eigenvalue weighted by atomic mass is 10.2. The Balaban J connectivity index is 2.00. The maximum Gasteiger partial charge on any atom is 0.348 e. The van der Waals surface area contributed by atoms with E-state index in [1.54, 1.807) is 6.08 Å². The van der Waals surface area contributed by atoms with E-state index in [4.69, 9.17) is 9.47 Å². The number of aryl methyl sites for hydroxylation is 2. The molecular formula is C17H21N3O3S. The minimum atomic E-state index is -0.326. The van der Waals surface area contributed by atoms with E-state index in [1.807, 2.05) is 13.8 Å². The average molecular weight is 347 g/mol. The number of nitrogens with zero attached hydrogens (tertiary/aromatic N) is 3. The topological polar surface area (TPSA) is 64.5 Å². The zero-order valence-electron chi connectivity index (χ0n) is 14.2. The van der Waals surface area contributed by atoms with Crippen molar-refractivity contribution in [2.45, 2.75) is 26.4 Å². The molecule has 3 heterocycles. The lowest BCUT2D eigenvalue weighted by molar-refractivity contribution is 0.0605. The molecule has 2 aromatic heterocycles. The van der Waals surface area contributed by atoms with Crippen molar-refractivity contribution in [3.05, 3.63) is 28.9 Å². The van der Waals surface area contributed by atoms with Crippen molar-refractivity contribution in [1.29, 1.82) is 0 Å². The van der Waals surface area contributed by atoms with Crippen LogP contribution in [0.15, 0.2) is 12.7 Å². The lowest BCUT2D eigenvalue weighted by Crippen LogP contribution is -2.24. The summed E-state index contributed by atoms with van der Waals surface area (Å²) in [7, 11) is 1.39. The van der Waals surface area contributed by atoms with Gasteiger partial charge in [0.1, 0.15) is 21.3 Å². The van der Waals surface area contributed by atoms with E-state index >= 15 is 0 Å². The summed E-state index contributed by atoms with van der Waals surface area (Å²) in [5, 5.41) is 0.940. The van der Waals surface area contributed by atoms with E-state index in [9.17, 15) is 4.79 Å². The summed E-state index contributed by atoms with van der Waals surface area (Å²) >= 11 is 1.36. The molecule has 1 atom stereocenters. The van der Waals surface area contributed by atoms with Gasteiger partial charge in [-0.1, -0.05) is 6.08 Å². The maximum absolute atomic E-state index is 12.0. The van der Waals surface area contributed by atoms with Gasteiger partial charge < -0.3 is 14.4 Å².